The summed E-state index contributed by atoms with van der Waals surface area (Å²) in [6, 6.07) is 8.09. The second-order valence-corrected chi connectivity index (χ2v) is 7.32. The highest BCUT2D eigenvalue weighted by Crippen LogP contribution is 2.43. The number of amidine groups is 1. The van der Waals surface area contributed by atoms with Crippen molar-refractivity contribution in [1.29, 1.82) is 0 Å². The number of nitrogens with one attached hydrogen (secondary N) is 1. The van der Waals surface area contributed by atoms with Crippen molar-refractivity contribution in [2.24, 2.45) is 10.4 Å². The van der Waals surface area contributed by atoms with Crippen molar-refractivity contribution in [2.45, 2.75) is 32.1 Å². The van der Waals surface area contributed by atoms with Crippen LogP contribution in [-0.2, 0) is 6.42 Å². The van der Waals surface area contributed by atoms with Crippen molar-refractivity contribution in [3.63, 3.8) is 0 Å². The predicted octanol–water partition coefficient (Wildman–Crippen LogP) is 4.14. The van der Waals surface area contributed by atoms with E-state index in [0.717, 1.165) is 29.7 Å². The van der Waals surface area contributed by atoms with E-state index in [1.165, 1.54) is 37.0 Å². The molecule has 4 heteroatoms. The average Bonchev–Trinajstić information content (AvgIpc) is 2.92. The molecule has 1 saturated carbocycles. The summed E-state index contributed by atoms with van der Waals surface area (Å²) in [5.41, 5.74) is 1.85. The van der Waals surface area contributed by atoms with Crippen LogP contribution in [0.15, 0.2) is 29.3 Å². The van der Waals surface area contributed by atoms with Crippen LogP contribution < -0.4 is 5.32 Å². The molecule has 108 valence electrons. The molecular formula is C16H21ClN2S. The predicted molar refractivity (Wildman–Crippen MR) is 88.8 cm³/mol. The first-order valence-electron chi connectivity index (χ1n) is 7.41. The molecule has 1 heterocycles. The highest BCUT2D eigenvalue weighted by molar-refractivity contribution is 8.13. The summed E-state index contributed by atoms with van der Waals surface area (Å²) >= 11 is 7.80. The minimum absolute atomic E-state index is 0.534. The molecule has 1 aliphatic heterocycles. The summed E-state index contributed by atoms with van der Waals surface area (Å²) in [4.78, 5) is 4.76. The number of hydrogen-bond donors (Lipinski definition) is 1. The van der Waals surface area contributed by atoms with Gasteiger partial charge in [-0.05, 0) is 42.4 Å². The van der Waals surface area contributed by atoms with E-state index in [1.54, 1.807) is 0 Å². The molecule has 1 N–H and O–H groups in total. The molecule has 3 rings (SSSR count). The van der Waals surface area contributed by atoms with E-state index in [4.69, 9.17) is 16.6 Å². The number of hydrogen-bond acceptors (Lipinski definition) is 3. The summed E-state index contributed by atoms with van der Waals surface area (Å²) in [5, 5.41) is 5.41. The molecule has 1 aromatic carbocycles. The monoisotopic (exact) mass is 308 g/mol. The Labute approximate surface area is 130 Å². The van der Waals surface area contributed by atoms with E-state index in [-0.39, 0.29) is 0 Å². The van der Waals surface area contributed by atoms with Gasteiger partial charge in [0.2, 0.25) is 0 Å². The molecule has 2 nitrogen and oxygen atoms in total. The van der Waals surface area contributed by atoms with Crippen molar-refractivity contribution < 1.29 is 0 Å². The van der Waals surface area contributed by atoms with Gasteiger partial charge in [-0.2, -0.15) is 0 Å². The van der Waals surface area contributed by atoms with Gasteiger partial charge in [-0.3, -0.25) is 4.99 Å². The number of halogens is 1. The quantitative estimate of drug-likeness (QED) is 0.907. The van der Waals surface area contributed by atoms with Crippen molar-refractivity contribution >= 4 is 28.5 Å². The van der Waals surface area contributed by atoms with Crippen molar-refractivity contribution in [3.05, 3.63) is 34.9 Å². The molecule has 1 aromatic rings. The molecule has 0 bridgehead atoms. The molecule has 2 aliphatic rings. The molecule has 0 unspecified atom stereocenters. The lowest BCUT2D eigenvalue weighted by Gasteiger charge is -2.31. The highest BCUT2D eigenvalue weighted by atomic mass is 35.5. The number of aliphatic imine (C=N–C) groups is 1. The van der Waals surface area contributed by atoms with Crippen LogP contribution >= 0.6 is 23.4 Å². The first-order chi connectivity index (χ1) is 9.76. The number of nitrogens with zero attached hydrogens (tertiary/aromatic N) is 1. The van der Waals surface area contributed by atoms with Gasteiger partial charge in [0.05, 0.1) is 0 Å². The fourth-order valence-electron chi connectivity index (χ4n) is 3.05. The van der Waals surface area contributed by atoms with E-state index in [9.17, 15) is 0 Å². The Kier molecular flexibility index (Phi) is 4.57. The normalized spacial score (nSPS) is 20.9. The lowest BCUT2D eigenvalue weighted by atomic mass is 9.89. The Bertz CT molecular complexity index is 478. The minimum atomic E-state index is 0.534. The molecule has 20 heavy (non-hydrogen) atoms. The third-order valence-corrected chi connectivity index (χ3v) is 5.90. The van der Waals surface area contributed by atoms with Crippen molar-refractivity contribution in [1.82, 2.24) is 5.32 Å². The lowest BCUT2D eigenvalue weighted by Crippen LogP contribution is -2.34. The van der Waals surface area contributed by atoms with Gasteiger partial charge in [-0.25, -0.2) is 0 Å². The zero-order valence-electron chi connectivity index (χ0n) is 11.7. The average molecular weight is 309 g/mol. The first kappa shape index (κ1) is 14.3. The summed E-state index contributed by atoms with van der Waals surface area (Å²) in [7, 11) is 0. The summed E-state index contributed by atoms with van der Waals surface area (Å²) in [6.07, 6.45) is 6.57. The largest absolute Gasteiger partial charge is 0.365 e. The Morgan fingerprint density at radius 2 is 1.95 bits per heavy atom. The van der Waals surface area contributed by atoms with E-state index < -0.39 is 0 Å². The molecule has 0 aromatic heterocycles. The fourth-order valence-corrected chi connectivity index (χ4v) is 4.36. The van der Waals surface area contributed by atoms with Gasteiger partial charge in [-0.15, -0.1) is 0 Å². The van der Waals surface area contributed by atoms with Gasteiger partial charge < -0.3 is 5.32 Å². The molecule has 0 amide bonds. The van der Waals surface area contributed by atoms with Gasteiger partial charge in [0, 0.05) is 23.9 Å². The molecule has 1 spiro atoms. The SMILES string of the molecule is Clc1ccc(CCNC2=NCC3(CCCC3)CS2)cc1. The van der Waals surface area contributed by atoms with Crippen LogP contribution in [0.5, 0.6) is 0 Å². The smallest absolute Gasteiger partial charge is 0.156 e. The van der Waals surface area contributed by atoms with Gasteiger partial charge in [0.15, 0.2) is 5.17 Å². The molecular weight excluding hydrogens is 288 g/mol. The van der Waals surface area contributed by atoms with E-state index >= 15 is 0 Å². The van der Waals surface area contributed by atoms with Gasteiger partial charge in [0.25, 0.3) is 0 Å². The first-order valence-corrected chi connectivity index (χ1v) is 8.78. The Hall–Kier alpha value is -0.670. The molecule has 1 fully saturated rings. The zero-order valence-corrected chi connectivity index (χ0v) is 13.3. The maximum atomic E-state index is 5.89. The summed E-state index contributed by atoms with van der Waals surface area (Å²) in [6.45, 7) is 1.98. The number of rotatable bonds is 3. The van der Waals surface area contributed by atoms with Gasteiger partial charge >= 0.3 is 0 Å². The van der Waals surface area contributed by atoms with Crippen LogP contribution in [0.3, 0.4) is 0 Å². The second kappa shape index (κ2) is 6.40. The van der Waals surface area contributed by atoms with Crippen molar-refractivity contribution in [2.75, 3.05) is 18.8 Å². The van der Waals surface area contributed by atoms with E-state index in [1.807, 2.05) is 23.9 Å². The molecule has 1 aliphatic carbocycles. The summed E-state index contributed by atoms with van der Waals surface area (Å²) < 4.78 is 0. The van der Waals surface area contributed by atoms with Crippen LogP contribution in [0.1, 0.15) is 31.2 Å². The fraction of sp³-hybridized carbons (Fsp3) is 0.562. The van der Waals surface area contributed by atoms with E-state index in [0.29, 0.717) is 5.41 Å². The van der Waals surface area contributed by atoms with Gasteiger partial charge in [-0.1, -0.05) is 48.3 Å². The van der Waals surface area contributed by atoms with Gasteiger partial charge in [0.1, 0.15) is 0 Å². The third kappa shape index (κ3) is 3.50. The molecule has 0 atom stereocenters. The summed E-state index contributed by atoms with van der Waals surface area (Å²) in [5.74, 6) is 1.25. The minimum Gasteiger partial charge on any atom is -0.365 e. The number of benzene rings is 1. The topological polar surface area (TPSA) is 24.4 Å². The molecule has 0 radical (unpaired) electrons. The lowest BCUT2D eigenvalue weighted by molar-refractivity contribution is 0.358. The van der Waals surface area contributed by atoms with Crippen LogP contribution in [0.25, 0.3) is 0 Å². The molecule has 0 saturated heterocycles. The second-order valence-electron chi connectivity index (χ2n) is 5.92. The Balaban J connectivity index is 1.45. The third-order valence-electron chi connectivity index (χ3n) is 4.34. The number of thioether (sulfide) groups is 1. The Morgan fingerprint density at radius 3 is 2.60 bits per heavy atom. The van der Waals surface area contributed by atoms with Crippen LogP contribution in [0, 0.1) is 5.41 Å². The Morgan fingerprint density at radius 1 is 1.20 bits per heavy atom. The maximum Gasteiger partial charge on any atom is 0.156 e. The van der Waals surface area contributed by atoms with Crippen molar-refractivity contribution in [3.8, 4) is 0 Å². The van der Waals surface area contributed by atoms with E-state index in [2.05, 4.69) is 17.4 Å². The highest BCUT2D eigenvalue weighted by Gasteiger charge is 2.36. The van der Waals surface area contributed by atoms with Crippen LogP contribution in [0.2, 0.25) is 5.02 Å². The maximum absolute atomic E-state index is 5.89. The zero-order chi connectivity index (χ0) is 13.8. The standard InChI is InChI=1S/C16H21ClN2S/c17-14-5-3-13(4-6-14)7-10-18-15-19-11-16(12-20-15)8-1-2-9-16/h3-6H,1-2,7-12H2,(H,18,19). The van der Waals surface area contributed by atoms with Crippen LogP contribution in [-0.4, -0.2) is 24.0 Å². The van der Waals surface area contributed by atoms with Crippen LogP contribution in [0.4, 0.5) is 0 Å².